The van der Waals surface area contributed by atoms with E-state index in [4.69, 9.17) is 9.94 Å². The molecule has 36 heavy (non-hydrogen) atoms. The van der Waals surface area contributed by atoms with E-state index < -0.39 is 29.6 Å². The molecular formula is C26H30N4O6. The smallest absolute Gasteiger partial charge is 0.407 e. The van der Waals surface area contributed by atoms with E-state index in [0.29, 0.717) is 23.2 Å². The maximum Gasteiger partial charge on any atom is 0.407 e. The van der Waals surface area contributed by atoms with Crippen molar-refractivity contribution in [2.75, 3.05) is 11.9 Å². The standard InChI is InChI=1S/C26H30N4O6/c1-5-22(31)28-20-8-6-7-18(15-20)10-9-17-11-13-19(14-12-17)23(32)29-21(24(33)30-35)16-27-25(34)36-26(2,3)4/h6-8,11-15,21,35H,5,16H2,1-4H3,(H,27,34)(H,28,31)(H,29,32)(H,30,33)/t21-/m0/s1. The lowest BCUT2D eigenvalue weighted by Crippen LogP contribution is -2.52. The van der Waals surface area contributed by atoms with E-state index in [1.807, 2.05) is 6.07 Å². The van der Waals surface area contributed by atoms with Crippen LogP contribution in [0.2, 0.25) is 0 Å². The molecule has 190 valence electrons. The van der Waals surface area contributed by atoms with Gasteiger partial charge in [-0.3, -0.25) is 19.6 Å². The second-order valence-corrected chi connectivity index (χ2v) is 8.69. The van der Waals surface area contributed by atoms with Crippen LogP contribution < -0.4 is 21.4 Å². The molecule has 0 bridgehead atoms. The molecule has 10 heteroatoms. The fourth-order valence-electron chi connectivity index (χ4n) is 2.80. The molecule has 0 aliphatic carbocycles. The van der Waals surface area contributed by atoms with Crippen molar-refractivity contribution in [1.82, 2.24) is 16.1 Å². The Morgan fingerprint density at radius 3 is 2.28 bits per heavy atom. The number of hydroxylamine groups is 1. The van der Waals surface area contributed by atoms with Crippen LogP contribution in [0, 0.1) is 11.8 Å². The van der Waals surface area contributed by atoms with E-state index in [1.165, 1.54) is 17.6 Å². The van der Waals surface area contributed by atoms with Crippen LogP contribution >= 0.6 is 0 Å². The summed E-state index contributed by atoms with van der Waals surface area (Å²) in [5.74, 6) is 4.41. The lowest BCUT2D eigenvalue weighted by molar-refractivity contribution is -0.131. The van der Waals surface area contributed by atoms with Crippen molar-refractivity contribution in [2.45, 2.75) is 45.8 Å². The molecule has 2 aromatic carbocycles. The fourth-order valence-corrected chi connectivity index (χ4v) is 2.80. The molecule has 0 saturated carbocycles. The van der Waals surface area contributed by atoms with E-state index in [-0.39, 0.29) is 18.0 Å². The van der Waals surface area contributed by atoms with Gasteiger partial charge in [-0.25, -0.2) is 10.3 Å². The van der Waals surface area contributed by atoms with Gasteiger partial charge < -0.3 is 20.7 Å². The summed E-state index contributed by atoms with van der Waals surface area (Å²) in [6.07, 6.45) is -0.393. The first kappa shape index (κ1) is 27.9. The van der Waals surface area contributed by atoms with Crippen LogP contribution in [0.3, 0.4) is 0 Å². The summed E-state index contributed by atoms with van der Waals surface area (Å²) in [5.41, 5.74) is 2.99. The molecular weight excluding hydrogens is 464 g/mol. The van der Waals surface area contributed by atoms with Crippen LogP contribution in [-0.4, -0.2) is 47.2 Å². The molecule has 0 radical (unpaired) electrons. The number of alkyl carbamates (subject to hydrolysis) is 1. The quantitative estimate of drug-likeness (QED) is 0.227. The Labute approximate surface area is 209 Å². The second-order valence-electron chi connectivity index (χ2n) is 8.69. The van der Waals surface area contributed by atoms with Gasteiger partial charge in [0.2, 0.25) is 5.91 Å². The summed E-state index contributed by atoms with van der Waals surface area (Å²) in [6, 6.07) is 12.3. The first-order valence-electron chi connectivity index (χ1n) is 11.2. The molecule has 1 atom stereocenters. The molecule has 0 spiro atoms. The van der Waals surface area contributed by atoms with Crippen molar-refractivity contribution in [3.05, 3.63) is 65.2 Å². The Kier molecular flexibility index (Phi) is 10.0. The molecule has 0 unspecified atom stereocenters. The van der Waals surface area contributed by atoms with Gasteiger partial charge in [-0.2, -0.15) is 0 Å². The van der Waals surface area contributed by atoms with Crippen molar-refractivity contribution >= 4 is 29.5 Å². The minimum absolute atomic E-state index is 0.0895. The van der Waals surface area contributed by atoms with E-state index >= 15 is 0 Å². The topological polar surface area (TPSA) is 146 Å². The lowest BCUT2D eigenvalue weighted by atomic mass is 10.1. The third-order valence-electron chi connectivity index (χ3n) is 4.55. The molecule has 5 N–H and O–H groups in total. The monoisotopic (exact) mass is 494 g/mol. The lowest BCUT2D eigenvalue weighted by Gasteiger charge is -2.21. The van der Waals surface area contributed by atoms with Crippen LogP contribution in [-0.2, 0) is 14.3 Å². The van der Waals surface area contributed by atoms with Crippen LogP contribution in [0.15, 0.2) is 48.5 Å². The molecule has 0 fully saturated rings. The Balaban J connectivity index is 2.03. The molecule has 4 amide bonds. The van der Waals surface area contributed by atoms with E-state index in [2.05, 4.69) is 27.8 Å². The van der Waals surface area contributed by atoms with Gasteiger partial charge in [-0.05, 0) is 63.2 Å². The molecule has 2 aromatic rings. The SMILES string of the molecule is CCC(=O)Nc1cccc(C#Cc2ccc(C(=O)N[C@@H](CNC(=O)OC(C)(C)C)C(=O)NO)cc2)c1. The number of carbonyl (C=O) groups is 4. The summed E-state index contributed by atoms with van der Waals surface area (Å²) >= 11 is 0. The van der Waals surface area contributed by atoms with Gasteiger partial charge >= 0.3 is 6.09 Å². The summed E-state index contributed by atoms with van der Waals surface area (Å²) in [6.45, 7) is 6.53. The van der Waals surface area contributed by atoms with Crippen LogP contribution in [0.4, 0.5) is 10.5 Å². The van der Waals surface area contributed by atoms with Crippen LogP contribution in [0.25, 0.3) is 0 Å². The van der Waals surface area contributed by atoms with Crippen LogP contribution in [0.5, 0.6) is 0 Å². The largest absolute Gasteiger partial charge is 0.444 e. The van der Waals surface area contributed by atoms with E-state index in [9.17, 15) is 19.2 Å². The van der Waals surface area contributed by atoms with Crippen LogP contribution in [0.1, 0.15) is 55.6 Å². The average Bonchev–Trinajstić information content (AvgIpc) is 2.84. The highest BCUT2D eigenvalue weighted by Gasteiger charge is 2.23. The van der Waals surface area contributed by atoms with Gasteiger partial charge in [0.1, 0.15) is 11.6 Å². The summed E-state index contributed by atoms with van der Waals surface area (Å²) in [4.78, 5) is 47.9. The zero-order valence-electron chi connectivity index (χ0n) is 20.6. The number of nitrogens with one attached hydrogen (secondary N) is 4. The highest BCUT2D eigenvalue weighted by Crippen LogP contribution is 2.11. The molecule has 0 aliphatic heterocycles. The van der Waals surface area contributed by atoms with Crippen molar-refractivity contribution in [3.8, 4) is 11.8 Å². The predicted molar refractivity (Wildman–Crippen MR) is 133 cm³/mol. The first-order chi connectivity index (χ1) is 17.0. The second kappa shape index (κ2) is 12.9. The van der Waals surface area contributed by atoms with Gasteiger partial charge in [0.25, 0.3) is 11.8 Å². The zero-order chi connectivity index (χ0) is 26.7. The predicted octanol–water partition coefficient (Wildman–Crippen LogP) is 2.56. The van der Waals surface area contributed by atoms with Gasteiger partial charge in [0.05, 0.1) is 6.54 Å². The highest BCUT2D eigenvalue weighted by molar-refractivity contribution is 5.97. The fraction of sp³-hybridized carbons (Fsp3) is 0.308. The van der Waals surface area contributed by atoms with E-state index in [1.54, 1.807) is 58.0 Å². The number of ether oxygens (including phenoxy) is 1. The molecule has 10 nitrogen and oxygen atoms in total. The number of amides is 4. The Morgan fingerprint density at radius 1 is 1.00 bits per heavy atom. The molecule has 0 aromatic heterocycles. The first-order valence-corrected chi connectivity index (χ1v) is 11.2. The number of hydrogen-bond donors (Lipinski definition) is 5. The normalized spacial score (nSPS) is 11.2. The minimum Gasteiger partial charge on any atom is -0.444 e. The van der Waals surface area contributed by atoms with Gasteiger partial charge in [0.15, 0.2) is 0 Å². The third kappa shape index (κ3) is 9.48. The molecule has 0 aliphatic rings. The Hall–Kier alpha value is -4.36. The van der Waals surface area contributed by atoms with Gasteiger partial charge in [-0.1, -0.05) is 24.8 Å². The average molecular weight is 495 g/mol. The summed E-state index contributed by atoms with van der Waals surface area (Å²) in [7, 11) is 0. The zero-order valence-corrected chi connectivity index (χ0v) is 20.6. The maximum atomic E-state index is 12.6. The number of benzene rings is 2. The highest BCUT2D eigenvalue weighted by atomic mass is 16.6. The number of rotatable bonds is 7. The molecule has 0 saturated heterocycles. The Morgan fingerprint density at radius 2 is 1.67 bits per heavy atom. The summed E-state index contributed by atoms with van der Waals surface area (Å²) < 4.78 is 5.10. The maximum absolute atomic E-state index is 12.6. The Bertz CT molecular complexity index is 1160. The van der Waals surface area contributed by atoms with Gasteiger partial charge in [0, 0.05) is 28.8 Å². The van der Waals surface area contributed by atoms with Crippen molar-refractivity contribution in [3.63, 3.8) is 0 Å². The number of anilines is 1. The third-order valence-corrected chi connectivity index (χ3v) is 4.55. The van der Waals surface area contributed by atoms with Crippen molar-refractivity contribution < 1.29 is 29.1 Å². The van der Waals surface area contributed by atoms with Crippen molar-refractivity contribution in [2.24, 2.45) is 0 Å². The number of carbonyl (C=O) groups excluding carboxylic acids is 4. The van der Waals surface area contributed by atoms with Gasteiger partial charge in [-0.15, -0.1) is 0 Å². The summed E-state index contributed by atoms with van der Waals surface area (Å²) in [5, 5.41) is 16.6. The molecule has 2 rings (SSSR count). The van der Waals surface area contributed by atoms with E-state index in [0.717, 1.165) is 0 Å². The number of hydrogen-bond acceptors (Lipinski definition) is 6. The minimum atomic E-state index is -1.24. The van der Waals surface area contributed by atoms with Crippen molar-refractivity contribution in [1.29, 1.82) is 0 Å². The molecule has 0 heterocycles.